The summed E-state index contributed by atoms with van der Waals surface area (Å²) in [5, 5.41) is 0. The maximum atomic E-state index is 14.3. The van der Waals surface area contributed by atoms with Crippen molar-refractivity contribution in [2.75, 3.05) is 33.2 Å². The van der Waals surface area contributed by atoms with Crippen LogP contribution in [0.3, 0.4) is 0 Å². The highest BCUT2D eigenvalue weighted by molar-refractivity contribution is 5.44. The first-order valence-electron chi connectivity index (χ1n) is 6.06. The molecule has 0 saturated carbocycles. The number of halogens is 1. The Morgan fingerprint density at radius 1 is 1.29 bits per heavy atom. The number of hydrogen-bond acceptors (Lipinski definition) is 1. The third kappa shape index (κ3) is 2.26. The van der Waals surface area contributed by atoms with E-state index in [0.29, 0.717) is 4.48 Å². The summed E-state index contributed by atoms with van der Waals surface area (Å²) in [7, 11) is 2.08. The number of quaternary nitrogens is 1. The molecule has 0 amide bonds. The highest BCUT2D eigenvalue weighted by atomic mass is 19.1. The summed E-state index contributed by atoms with van der Waals surface area (Å²) in [5.74, 6) is 0. The molecule has 1 atom stereocenters. The van der Waals surface area contributed by atoms with Crippen LogP contribution in [0.25, 0.3) is 0 Å². The summed E-state index contributed by atoms with van der Waals surface area (Å²) >= 11 is 0. The van der Waals surface area contributed by atoms with Crippen LogP contribution in [0, 0.1) is 0 Å². The van der Waals surface area contributed by atoms with Gasteiger partial charge in [0.15, 0.2) is 0 Å². The number of benzene rings is 1. The van der Waals surface area contributed by atoms with Crippen LogP contribution in [0.2, 0.25) is 0 Å². The summed E-state index contributed by atoms with van der Waals surface area (Å²) < 4.78 is 14.7. The Morgan fingerprint density at radius 3 is 2.41 bits per heavy atom. The van der Waals surface area contributed by atoms with Gasteiger partial charge in [0.05, 0.1) is 13.1 Å². The first-order valence-corrected chi connectivity index (χ1v) is 6.06. The number of hydrogen-bond donors (Lipinski definition) is 0. The second kappa shape index (κ2) is 4.98. The maximum Gasteiger partial charge on any atom is 0.255 e. The quantitative estimate of drug-likeness (QED) is 0.442. The van der Waals surface area contributed by atoms with Crippen LogP contribution < -0.4 is 4.48 Å². The van der Waals surface area contributed by atoms with Gasteiger partial charge in [-0.05, 0) is 25.3 Å². The molecule has 1 saturated heterocycles. The SMILES string of the molecule is C=CC(F)[N+]1(c2ccccc2)CCN(C)CC1. The molecule has 1 aliphatic heterocycles. The molecular formula is C14H20FN2+. The Hall–Kier alpha value is -1.19. The van der Waals surface area contributed by atoms with Crippen molar-refractivity contribution in [3.8, 4) is 0 Å². The Bertz CT molecular complexity index is 369. The van der Waals surface area contributed by atoms with Crippen molar-refractivity contribution in [1.82, 2.24) is 9.38 Å². The maximum absolute atomic E-state index is 14.3. The van der Waals surface area contributed by atoms with E-state index < -0.39 is 6.30 Å². The Balaban J connectivity index is 2.34. The standard InChI is InChI=1S/C14H20FN2/c1-3-14(15)17(11-9-16(2)10-12-17)13-7-5-4-6-8-13/h3-8,14H,1,9-12H2,2H3/q+1. The minimum Gasteiger partial charge on any atom is -0.295 e. The normalized spacial score (nSPS) is 22.0. The van der Waals surface area contributed by atoms with Crippen molar-refractivity contribution >= 4 is 5.69 Å². The monoisotopic (exact) mass is 235 g/mol. The van der Waals surface area contributed by atoms with Crippen molar-refractivity contribution in [2.45, 2.75) is 6.30 Å². The van der Waals surface area contributed by atoms with Crippen LogP contribution in [-0.2, 0) is 0 Å². The second-order valence-corrected chi connectivity index (χ2v) is 4.73. The van der Waals surface area contributed by atoms with E-state index in [1.54, 1.807) is 0 Å². The van der Waals surface area contributed by atoms with E-state index >= 15 is 0 Å². The minimum absolute atomic E-state index is 0.384. The topological polar surface area (TPSA) is 3.24 Å². The van der Waals surface area contributed by atoms with E-state index in [2.05, 4.69) is 18.5 Å². The zero-order valence-corrected chi connectivity index (χ0v) is 10.3. The molecule has 1 aromatic rings. The van der Waals surface area contributed by atoms with Crippen molar-refractivity contribution < 1.29 is 4.39 Å². The molecule has 92 valence electrons. The summed E-state index contributed by atoms with van der Waals surface area (Å²) in [4.78, 5) is 2.25. The van der Waals surface area contributed by atoms with E-state index in [9.17, 15) is 4.39 Å². The van der Waals surface area contributed by atoms with E-state index in [1.165, 1.54) is 6.08 Å². The van der Waals surface area contributed by atoms with Crippen LogP contribution in [0.5, 0.6) is 0 Å². The third-order valence-electron chi connectivity index (χ3n) is 3.70. The Morgan fingerprint density at radius 2 is 1.88 bits per heavy atom. The molecule has 0 bridgehead atoms. The highest BCUT2D eigenvalue weighted by Gasteiger charge is 2.40. The fourth-order valence-electron chi connectivity index (χ4n) is 2.50. The van der Waals surface area contributed by atoms with E-state index in [0.717, 1.165) is 31.9 Å². The molecule has 1 fully saturated rings. The molecule has 1 aliphatic rings. The predicted molar refractivity (Wildman–Crippen MR) is 70.6 cm³/mol. The van der Waals surface area contributed by atoms with E-state index in [4.69, 9.17) is 0 Å². The van der Waals surface area contributed by atoms with Gasteiger partial charge in [0.25, 0.3) is 6.30 Å². The molecule has 0 spiro atoms. The molecule has 1 aromatic carbocycles. The molecule has 3 heteroatoms. The number of rotatable bonds is 3. The fraction of sp³-hybridized carbons (Fsp3) is 0.429. The van der Waals surface area contributed by atoms with E-state index in [-0.39, 0.29) is 0 Å². The molecule has 2 rings (SSSR count). The van der Waals surface area contributed by atoms with Gasteiger partial charge in [0, 0.05) is 13.1 Å². The lowest BCUT2D eigenvalue weighted by Gasteiger charge is -2.44. The smallest absolute Gasteiger partial charge is 0.255 e. The van der Waals surface area contributed by atoms with E-state index in [1.807, 2.05) is 30.3 Å². The lowest BCUT2D eigenvalue weighted by Crippen LogP contribution is -2.63. The van der Waals surface area contributed by atoms with Gasteiger partial charge in [-0.1, -0.05) is 24.8 Å². The number of alkyl halides is 1. The molecular weight excluding hydrogens is 215 g/mol. The highest BCUT2D eigenvalue weighted by Crippen LogP contribution is 2.29. The zero-order valence-electron chi connectivity index (χ0n) is 10.3. The second-order valence-electron chi connectivity index (χ2n) is 4.73. The number of piperazine rings is 1. The molecule has 2 nitrogen and oxygen atoms in total. The number of likely N-dealkylation sites (N-methyl/N-ethyl adjacent to an activating group) is 1. The van der Waals surface area contributed by atoms with Crippen LogP contribution >= 0.6 is 0 Å². The van der Waals surface area contributed by atoms with Gasteiger partial charge in [-0.25, -0.2) is 0 Å². The Kier molecular flexibility index (Phi) is 3.60. The van der Waals surface area contributed by atoms with Gasteiger partial charge in [-0.2, -0.15) is 4.39 Å². The molecule has 0 aliphatic carbocycles. The van der Waals surface area contributed by atoms with Crippen LogP contribution in [0.4, 0.5) is 10.1 Å². The summed E-state index contributed by atoms with van der Waals surface area (Å²) in [6.07, 6.45) is 0.407. The molecule has 1 heterocycles. The summed E-state index contributed by atoms with van der Waals surface area (Å²) in [6.45, 7) is 7.06. The van der Waals surface area contributed by atoms with Crippen molar-refractivity contribution in [1.29, 1.82) is 0 Å². The van der Waals surface area contributed by atoms with Gasteiger partial charge in [0.2, 0.25) is 0 Å². The lowest BCUT2D eigenvalue weighted by atomic mass is 10.1. The van der Waals surface area contributed by atoms with Crippen LogP contribution in [0.15, 0.2) is 43.0 Å². The predicted octanol–water partition coefficient (Wildman–Crippen LogP) is 2.42. The van der Waals surface area contributed by atoms with Crippen molar-refractivity contribution in [3.05, 3.63) is 43.0 Å². The van der Waals surface area contributed by atoms with Gasteiger partial charge < -0.3 is 0 Å². The van der Waals surface area contributed by atoms with Gasteiger partial charge in [-0.3, -0.25) is 9.38 Å². The fourth-order valence-corrected chi connectivity index (χ4v) is 2.50. The molecule has 17 heavy (non-hydrogen) atoms. The summed E-state index contributed by atoms with van der Waals surface area (Å²) in [6, 6.07) is 9.95. The number of nitrogens with zero attached hydrogens (tertiary/aromatic N) is 2. The Labute approximate surface area is 103 Å². The van der Waals surface area contributed by atoms with Gasteiger partial charge in [-0.15, -0.1) is 0 Å². The van der Waals surface area contributed by atoms with Crippen molar-refractivity contribution in [2.24, 2.45) is 0 Å². The van der Waals surface area contributed by atoms with Crippen LogP contribution in [0.1, 0.15) is 0 Å². The first kappa shape index (κ1) is 12.3. The average Bonchev–Trinajstić information content (AvgIpc) is 2.40. The van der Waals surface area contributed by atoms with Crippen molar-refractivity contribution in [3.63, 3.8) is 0 Å². The zero-order chi connectivity index (χ0) is 12.3. The van der Waals surface area contributed by atoms with Crippen LogP contribution in [-0.4, -0.2) is 44.4 Å². The molecule has 1 unspecified atom stereocenters. The lowest BCUT2D eigenvalue weighted by molar-refractivity contribution is 0.0724. The first-order chi connectivity index (χ1) is 8.19. The molecule has 0 aromatic heterocycles. The molecule has 0 N–H and O–H groups in total. The molecule has 0 radical (unpaired) electrons. The summed E-state index contributed by atoms with van der Waals surface area (Å²) in [5.41, 5.74) is 1.05. The third-order valence-corrected chi connectivity index (χ3v) is 3.70. The largest absolute Gasteiger partial charge is 0.295 e. The van der Waals surface area contributed by atoms with Gasteiger partial charge in [0.1, 0.15) is 5.69 Å². The average molecular weight is 235 g/mol. The number of para-hydroxylation sites is 1. The van der Waals surface area contributed by atoms with Gasteiger partial charge >= 0.3 is 0 Å². The minimum atomic E-state index is -1.02.